The van der Waals surface area contributed by atoms with Crippen molar-refractivity contribution in [3.63, 3.8) is 0 Å². The number of hydrogen-bond acceptors (Lipinski definition) is 4. The minimum Gasteiger partial charge on any atom is -0.308 e. The van der Waals surface area contributed by atoms with Gasteiger partial charge in [0.1, 0.15) is 5.82 Å². The van der Waals surface area contributed by atoms with Crippen LogP contribution in [0.3, 0.4) is 0 Å². The number of thiophene rings is 1. The van der Waals surface area contributed by atoms with Crippen molar-refractivity contribution in [2.45, 2.75) is 13.1 Å². The van der Waals surface area contributed by atoms with Gasteiger partial charge in [0.05, 0.1) is 11.4 Å². The molecule has 1 aliphatic heterocycles. The first kappa shape index (κ1) is 10.6. The molecule has 6 heteroatoms. The van der Waals surface area contributed by atoms with Crippen molar-refractivity contribution in [3.05, 3.63) is 23.3 Å². The highest BCUT2D eigenvalue weighted by Gasteiger charge is 2.16. The Morgan fingerprint density at radius 1 is 1.40 bits per heavy atom. The van der Waals surface area contributed by atoms with E-state index in [9.17, 15) is 0 Å². The van der Waals surface area contributed by atoms with Crippen molar-refractivity contribution < 1.29 is 0 Å². The topological polar surface area (TPSA) is 42.7 Å². The van der Waals surface area contributed by atoms with Crippen LogP contribution in [0.1, 0.15) is 5.82 Å². The number of nitrogens with zero attached hydrogens (tertiary/aromatic N) is 3. The lowest BCUT2D eigenvalue weighted by Crippen LogP contribution is -2.28. The van der Waals surface area contributed by atoms with Gasteiger partial charge in [-0.15, -0.1) is 33.9 Å². The maximum atomic E-state index is 4.22. The first-order chi connectivity index (χ1) is 6.95. The van der Waals surface area contributed by atoms with E-state index in [1.54, 1.807) is 11.3 Å². The molecule has 0 spiro atoms. The maximum Gasteiger partial charge on any atom is 0.174 e. The zero-order valence-corrected chi connectivity index (χ0v) is 9.64. The second kappa shape index (κ2) is 4.30. The van der Waals surface area contributed by atoms with Crippen molar-refractivity contribution in [2.24, 2.45) is 0 Å². The molecule has 3 heterocycles. The van der Waals surface area contributed by atoms with E-state index in [4.69, 9.17) is 0 Å². The van der Waals surface area contributed by atoms with Gasteiger partial charge in [-0.05, 0) is 11.4 Å². The van der Waals surface area contributed by atoms with Crippen LogP contribution in [0.15, 0.2) is 17.5 Å². The van der Waals surface area contributed by atoms with Crippen molar-refractivity contribution in [1.82, 2.24) is 20.1 Å². The van der Waals surface area contributed by atoms with Gasteiger partial charge in [-0.25, -0.2) is 0 Å². The van der Waals surface area contributed by atoms with Gasteiger partial charge in [0, 0.05) is 13.1 Å². The summed E-state index contributed by atoms with van der Waals surface area (Å²) in [5.74, 6) is 2.05. The molecule has 4 nitrogen and oxygen atoms in total. The summed E-state index contributed by atoms with van der Waals surface area (Å²) in [7, 11) is 0. The van der Waals surface area contributed by atoms with Crippen LogP contribution in [0.4, 0.5) is 0 Å². The molecule has 0 saturated carbocycles. The van der Waals surface area contributed by atoms with Gasteiger partial charge in [0.25, 0.3) is 0 Å². The van der Waals surface area contributed by atoms with E-state index in [0.717, 1.165) is 31.3 Å². The third kappa shape index (κ3) is 1.78. The fourth-order valence-electron chi connectivity index (χ4n) is 1.68. The molecular weight excluding hydrogens is 232 g/mol. The smallest absolute Gasteiger partial charge is 0.174 e. The Labute approximate surface area is 97.7 Å². The standard InChI is InChI=1S/C9H10N4S.ClH/c1-2-7(14-5-1)9-12-11-8-6-10-3-4-13(8)9;/h1-2,5,10H,3-4,6H2;1H. The Bertz CT molecular complexity index is 437. The highest BCUT2D eigenvalue weighted by atomic mass is 35.5. The molecule has 0 aromatic carbocycles. The van der Waals surface area contributed by atoms with Crippen molar-refractivity contribution >= 4 is 23.7 Å². The third-order valence-electron chi connectivity index (χ3n) is 2.36. The molecule has 0 radical (unpaired) electrons. The highest BCUT2D eigenvalue weighted by Crippen LogP contribution is 2.23. The monoisotopic (exact) mass is 242 g/mol. The van der Waals surface area contributed by atoms with E-state index in [0.29, 0.717) is 0 Å². The number of rotatable bonds is 1. The number of aromatic nitrogens is 3. The van der Waals surface area contributed by atoms with Gasteiger partial charge in [-0.2, -0.15) is 0 Å². The first-order valence-electron chi connectivity index (χ1n) is 4.62. The lowest BCUT2D eigenvalue weighted by atomic mass is 10.4. The summed E-state index contributed by atoms with van der Waals surface area (Å²) in [6, 6.07) is 4.13. The van der Waals surface area contributed by atoms with Crippen LogP contribution in [-0.2, 0) is 13.1 Å². The molecule has 1 aliphatic rings. The summed E-state index contributed by atoms with van der Waals surface area (Å²) < 4.78 is 2.20. The summed E-state index contributed by atoms with van der Waals surface area (Å²) in [4.78, 5) is 1.20. The molecule has 1 N–H and O–H groups in total. The number of hydrogen-bond donors (Lipinski definition) is 1. The first-order valence-corrected chi connectivity index (χ1v) is 5.50. The fraction of sp³-hybridized carbons (Fsp3) is 0.333. The van der Waals surface area contributed by atoms with Crippen molar-refractivity contribution in [3.8, 4) is 10.7 Å². The summed E-state index contributed by atoms with van der Waals surface area (Å²) in [6.45, 7) is 2.80. The molecule has 2 aromatic heterocycles. The minimum absolute atomic E-state index is 0. The zero-order valence-electron chi connectivity index (χ0n) is 8.01. The van der Waals surface area contributed by atoms with Gasteiger partial charge in [0.2, 0.25) is 0 Å². The molecule has 0 saturated heterocycles. The van der Waals surface area contributed by atoms with Crippen LogP contribution >= 0.6 is 23.7 Å². The fourth-order valence-corrected chi connectivity index (χ4v) is 2.40. The molecule has 0 aliphatic carbocycles. The number of halogens is 1. The van der Waals surface area contributed by atoms with Gasteiger partial charge >= 0.3 is 0 Å². The van der Waals surface area contributed by atoms with E-state index in [2.05, 4.69) is 31.5 Å². The van der Waals surface area contributed by atoms with Crippen LogP contribution in [0.5, 0.6) is 0 Å². The molecule has 80 valence electrons. The van der Waals surface area contributed by atoms with Gasteiger partial charge < -0.3 is 9.88 Å². The van der Waals surface area contributed by atoms with E-state index in [1.165, 1.54) is 4.88 Å². The zero-order chi connectivity index (χ0) is 9.38. The third-order valence-corrected chi connectivity index (χ3v) is 3.23. The molecule has 0 unspecified atom stereocenters. The lowest BCUT2D eigenvalue weighted by molar-refractivity contribution is 0.508. The Balaban J connectivity index is 0.000000853. The lowest BCUT2D eigenvalue weighted by Gasteiger charge is -2.15. The van der Waals surface area contributed by atoms with Crippen LogP contribution < -0.4 is 5.32 Å². The minimum atomic E-state index is 0. The van der Waals surface area contributed by atoms with E-state index in [1.807, 2.05) is 6.07 Å². The van der Waals surface area contributed by atoms with E-state index < -0.39 is 0 Å². The summed E-state index contributed by atoms with van der Waals surface area (Å²) in [6.07, 6.45) is 0. The molecule has 0 amide bonds. The molecule has 2 aromatic rings. The Kier molecular flexibility index (Phi) is 3.04. The predicted molar refractivity (Wildman–Crippen MR) is 62.3 cm³/mol. The maximum absolute atomic E-state index is 4.22. The molecular formula is C9H11ClN4S. The average molecular weight is 243 g/mol. The Morgan fingerprint density at radius 3 is 3.13 bits per heavy atom. The van der Waals surface area contributed by atoms with Gasteiger partial charge in [0.15, 0.2) is 5.82 Å². The van der Waals surface area contributed by atoms with Gasteiger partial charge in [-0.1, -0.05) is 6.07 Å². The molecule has 3 rings (SSSR count). The highest BCUT2D eigenvalue weighted by molar-refractivity contribution is 7.13. The van der Waals surface area contributed by atoms with E-state index >= 15 is 0 Å². The molecule has 0 bridgehead atoms. The Morgan fingerprint density at radius 2 is 2.33 bits per heavy atom. The van der Waals surface area contributed by atoms with Crippen molar-refractivity contribution in [1.29, 1.82) is 0 Å². The number of nitrogens with one attached hydrogen (secondary N) is 1. The summed E-state index contributed by atoms with van der Waals surface area (Å²) in [5.41, 5.74) is 0. The second-order valence-electron chi connectivity index (χ2n) is 3.25. The number of fused-ring (bicyclic) bond motifs is 1. The SMILES string of the molecule is Cl.c1csc(-c2nnc3n2CCNC3)c1. The molecule has 0 fully saturated rings. The van der Waals surface area contributed by atoms with Gasteiger partial charge in [-0.3, -0.25) is 0 Å². The van der Waals surface area contributed by atoms with Crippen LogP contribution in [0.2, 0.25) is 0 Å². The van der Waals surface area contributed by atoms with Crippen molar-refractivity contribution in [2.75, 3.05) is 6.54 Å². The predicted octanol–water partition coefficient (Wildman–Crippen LogP) is 1.53. The normalized spacial score (nSPS) is 14.4. The van der Waals surface area contributed by atoms with E-state index in [-0.39, 0.29) is 12.4 Å². The molecule has 0 atom stereocenters. The van der Waals surface area contributed by atoms with Crippen LogP contribution in [0.25, 0.3) is 10.7 Å². The Hall–Kier alpha value is -0.910. The molecule has 15 heavy (non-hydrogen) atoms. The van der Waals surface area contributed by atoms with Crippen LogP contribution in [-0.4, -0.2) is 21.3 Å². The average Bonchev–Trinajstić information content (AvgIpc) is 2.85. The quantitative estimate of drug-likeness (QED) is 0.825. The summed E-state index contributed by atoms with van der Waals surface area (Å²) in [5, 5.41) is 13.7. The van der Waals surface area contributed by atoms with Crippen LogP contribution in [0, 0.1) is 0 Å². The summed E-state index contributed by atoms with van der Waals surface area (Å²) >= 11 is 1.71. The largest absolute Gasteiger partial charge is 0.308 e. The second-order valence-corrected chi connectivity index (χ2v) is 4.19.